The van der Waals surface area contributed by atoms with Crippen molar-refractivity contribution < 1.29 is 14.1 Å². The van der Waals surface area contributed by atoms with Gasteiger partial charge in [-0.1, -0.05) is 5.16 Å². The van der Waals surface area contributed by atoms with Crippen LogP contribution in [0.15, 0.2) is 21.3 Å². The number of carbonyl (C=O) groups excluding carboxylic acids is 1. The number of ether oxygens (including phenoxy) is 1. The van der Waals surface area contributed by atoms with Crippen LogP contribution in [0, 0.1) is 0 Å². The summed E-state index contributed by atoms with van der Waals surface area (Å²) in [4.78, 5) is 19.7. The number of methoxy groups -OCH3 is 1. The molecule has 1 saturated heterocycles. The second kappa shape index (κ2) is 6.23. The molecule has 0 spiro atoms. The van der Waals surface area contributed by atoms with E-state index in [1.807, 2.05) is 16.8 Å². The van der Waals surface area contributed by atoms with Gasteiger partial charge in [0.1, 0.15) is 0 Å². The fourth-order valence-electron chi connectivity index (χ4n) is 2.24. The zero-order valence-electron chi connectivity index (χ0n) is 11.7. The van der Waals surface area contributed by atoms with Crippen molar-refractivity contribution in [2.45, 2.75) is 6.54 Å². The first-order valence-corrected chi connectivity index (χ1v) is 7.61. The third kappa shape index (κ3) is 3.22. The summed E-state index contributed by atoms with van der Waals surface area (Å²) < 4.78 is 10.00. The summed E-state index contributed by atoms with van der Waals surface area (Å²) >= 11 is 1.60. The largest absolute Gasteiger partial charge is 0.453 e. The molecule has 0 unspecified atom stereocenters. The molecular formula is C13H16N4O3S. The molecule has 8 heteroatoms. The molecule has 7 nitrogen and oxygen atoms in total. The summed E-state index contributed by atoms with van der Waals surface area (Å²) in [7, 11) is 1.40. The van der Waals surface area contributed by atoms with Crippen molar-refractivity contribution in [3.63, 3.8) is 0 Å². The Kier molecular flexibility index (Phi) is 4.16. The van der Waals surface area contributed by atoms with Crippen LogP contribution in [0.3, 0.4) is 0 Å². The van der Waals surface area contributed by atoms with Gasteiger partial charge in [0.05, 0.1) is 13.7 Å². The standard InChI is InChI=1S/C13H16N4O3S/c1-19-13(18)17-5-3-16(4-6-17)8-11-14-12(15-20-11)10-2-7-21-9-10/h2,7,9H,3-6,8H2,1H3. The van der Waals surface area contributed by atoms with E-state index in [0.29, 0.717) is 31.3 Å². The van der Waals surface area contributed by atoms with Crippen LogP contribution in [0.5, 0.6) is 0 Å². The monoisotopic (exact) mass is 308 g/mol. The molecule has 0 bridgehead atoms. The van der Waals surface area contributed by atoms with E-state index in [1.165, 1.54) is 7.11 Å². The highest BCUT2D eigenvalue weighted by Crippen LogP contribution is 2.19. The molecule has 21 heavy (non-hydrogen) atoms. The van der Waals surface area contributed by atoms with Crippen molar-refractivity contribution in [3.05, 3.63) is 22.7 Å². The summed E-state index contributed by atoms with van der Waals surface area (Å²) in [5.41, 5.74) is 0.977. The van der Waals surface area contributed by atoms with Gasteiger partial charge in [-0.25, -0.2) is 4.79 Å². The topological polar surface area (TPSA) is 71.7 Å². The quantitative estimate of drug-likeness (QED) is 0.859. The lowest BCUT2D eigenvalue weighted by atomic mass is 10.3. The number of rotatable bonds is 3. The van der Waals surface area contributed by atoms with Crippen LogP contribution in [-0.4, -0.2) is 59.3 Å². The van der Waals surface area contributed by atoms with Crippen molar-refractivity contribution in [3.8, 4) is 11.4 Å². The van der Waals surface area contributed by atoms with Crippen LogP contribution >= 0.6 is 11.3 Å². The first-order chi connectivity index (χ1) is 10.3. The third-order valence-corrected chi connectivity index (χ3v) is 4.09. The Labute approximate surface area is 126 Å². The molecule has 0 aromatic carbocycles. The van der Waals surface area contributed by atoms with Crippen LogP contribution < -0.4 is 0 Å². The average molecular weight is 308 g/mol. The summed E-state index contributed by atoms with van der Waals surface area (Å²) in [6.45, 7) is 3.44. The van der Waals surface area contributed by atoms with Crippen molar-refractivity contribution in [1.29, 1.82) is 0 Å². The maximum absolute atomic E-state index is 11.4. The summed E-state index contributed by atoms with van der Waals surface area (Å²) in [5, 5.41) is 7.96. The molecule has 3 rings (SSSR count). The van der Waals surface area contributed by atoms with Gasteiger partial charge in [0.2, 0.25) is 11.7 Å². The lowest BCUT2D eigenvalue weighted by Gasteiger charge is -2.32. The lowest BCUT2D eigenvalue weighted by molar-refractivity contribution is 0.0852. The van der Waals surface area contributed by atoms with Crippen molar-refractivity contribution in [2.24, 2.45) is 0 Å². The molecule has 0 N–H and O–H groups in total. The Balaban J connectivity index is 1.55. The fourth-order valence-corrected chi connectivity index (χ4v) is 2.87. The highest BCUT2D eigenvalue weighted by Gasteiger charge is 2.22. The Hall–Kier alpha value is -1.93. The third-order valence-electron chi connectivity index (χ3n) is 3.41. The van der Waals surface area contributed by atoms with E-state index in [1.54, 1.807) is 16.2 Å². The Morgan fingerprint density at radius 2 is 2.24 bits per heavy atom. The zero-order valence-corrected chi connectivity index (χ0v) is 12.5. The minimum absolute atomic E-state index is 0.271. The molecule has 0 atom stereocenters. The van der Waals surface area contributed by atoms with E-state index in [4.69, 9.17) is 9.26 Å². The normalized spacial score (nSPS) is 16.1. The molecule has 0 radical (unpaired) electrons. The number of amides is 1. The van der Waals surface area contributed by atoms with E-state index >= 15 is 0 Å². The Bertz CT molecular complexity index is 590. The van der Waals surface area contributed by atoms with Crippen molar-refractivity contribution in [2.75, 3.05) is 33.3 Å². The van der Waals surface area contributed by atoms with Crippen molar-refractivity contribution in [1.82, 2.24) is 19.9 Å². The number of aromatic nitrogens is 2. The van der Waals surface area contributed by atoms with Crippen LogP contribution in [-0.2, 0) is 11.3 Å². The molecule has 2 aromatic heterocycles. The number of piperazine rings is 1. The summed E-state index contributed by atoms with van der Waals surface area (Å²) in [6.07, 6.45) is -0.271. The van der Waals surface area contributed by atoms with Gasteiger partial charge >= 0.3 is 6.09 Å². The summed E-state index contributed by atoms with van der Waals surface area (Å²) in [5.74, 6) is 1.22. The number of thiophene rings is 1. The van der Waals surface area contributed by atoms with Crippen LogP contribution in [0.25, 0.3) is 11.4 Å². The maximum Gasteiger partial charge on any atom is 0.409 e. The molecule has 3 heterocycles. The highest BCUT2D eigenvalue weighted by molar-refractivity contribution is 7.08. The number of hydrogen-bond donors (Lipinski definition) is 0. The van der Waals surface area contributed by atoms with Gasteiger partial charge in [-0.2, -0.15) is 16.3 Å². The molecule has 1 fully saturated rings. The van der Waals surface area contributed by atoms with E-state index in [-0.39, 0.29) is 6.09 Å². The van der Waals surface area contributed by atoms with Gasteiger partial charge in [0.25, 0.3) is 0 Å². The average Bonchev–Trinajstić information content (AvgIpc) is 3.18. The van der Waals surface area contributed by atoms with Gasteiger partial charge < -0.3 is 14.2 Å². The summed E-state index contributed by atoms with van der Waals surface area (Å²) in [6, 6.07) is 1.97. The van der Waals surface area contributed by atoms with Gasteiger partial charge in [0, 0.05) is 37.1 Å². The molecular weight excluding hydrogens is 292 g/mol. The first kappa shape index (κ1) is 14.0. The van der Waals surface area contributed by atoms with E-state index in [0.717, 1.165) is 18.7 Å². The number of hydrogen-bond acceptors (Lipinski definition) is 7. The Morgan fingerprint density at radius 1 is 1.43 bits per heavy atom. The highest BCUT2D eigenvalue weighted by atomic mass is 32.1. The molecule has 112 valence electrons. The zero-order chi connectivity index (χ0) is 14.7. The van der Waals surface area contributed by atoms with Gasteiger partial charge in [-0.3, -0.25) is 4.90 Å². The predicted molar refractivity (Wildman–Crippen MR) is 76.9 cm³/mol. The SMILES string of the molecule is COC(=O)N1CCN(Cc2nc(-c3ccsc3)no2)CC1. The van der Waals surface area contributed by atoms with Crippen LogP contribution in [0.4, 0.5) is 4.79 Å². The minimum Gasteiger partial charge on any atom is -0.453 e. The second-order valence-electron chi connectivity index (χ2n) is 4.76. The minimum atomic E-state index is -0.271. The van der Waals surface area contributed by atoms with E-state index in [9.17, 15) is 4.79 Å². The van der Waals surface area contributed by atoms with Crippen LogP contribution in [0.1, 0.15) is 5.89 Å². The number of carbonyl (C=O) groups is 1. The molecule has 1 aliphatic rings. The maximum atomic E-state index is 11.4. The van der Waals surface area contributed by atoms with E-state index < -0.39 is 0 Å². The van der Waals surface area contributed by atoms with Crippen molar-refractivity contribution >= 4 is 17.4 Å². The molecule has 1 aliphatic heterocycles. The fraction of sp³-hybridized carbons (Fsp3) is 0.462. The molecule has 1 amide bonds. The lowest BCUT2D eigenvalue weighted by Crippen LogP contribution is -2.48. The van der Waals surface area contributed by atoms with Gasteiger partial charge in [-0.05, 0) is 11.4 Å². The smallest absolute Gasteiger partial charge is 0.409 e. The number of nitrogens with zero attached hydrogens (tertiary/aromatic N) is 4. The molecule has 2 aromatic rings. The van der Waals surface area contributed by atoms with Gasteiger partial charge in [-0.15, -0.1) is 0 Å². The molecule has 0 aliphatic carbocycles. The molecule has 0 saturated carbocycles. The predicted octanol–water partition coefficient (Wildman–Crippen LogP) is 1.68. The first-order valence-electron chi connectivity index (χ1n) is 6.66. The van der Waals surface area contributed by atoms with E-state index in [2.05, 4.69) is 15.0 Å². The Morgan fingerprint density at radius 3 is 2.90 bits per heavy atom. The van der Waals surface area contributed by atoms with Crippen LogP contribution in [0.2, 0.25) is 0 Å². The second-order valence-corrected chi connectivity index (χ2v) is 5.54. The van der Waals surface area contributed by atoms with Gasteiger partial charge in [0.15, 0.2) is 0 Å².